The number of hydrogen-bond donors (Lipinski definition) is 2. The van der Waals surface area contributed by atoms with E-state index in [0.29, 0.717) is 19.0 Å². The number of morpholine rings is 1. The molecule has 10 heteroatoms. The number of pyridine rings is 1. The van der Waals surface area contributed by atoms with E-state index in [1.54, 1.807) is 19.3 Å². The SMILES string of the molecule is CC(=O)N1CCC(n2cc(-c3cc4nccnc4c(NCC4CNCCO4)n3)cn2)CC1. The van der Waals surface area contributed by atoms with Crippen LogP contribution in [-0.2, 0) is 9.53 Å². The summed E-state index contributed by atoms with van der Waals surface area (Å²) in [5, 5.41) is 11.4. The van der Waals surface area contributed by atoms with E-state index in [2.05, 4.69) is 25.7 Å². The summed E-state index contributed by atoms with van der Waals surface area (Å²) >= 11 is 0. The molecule has 2 saturated heterocycles. The normalized spacial score (nSPS) is 19.9. The predicted molar refractivity (Wildman–Crippen MR) is 120 cm³/mol. The van der Waals surface area contributed by atoms with E-state index in [1.807, 2.05) is 28.0 Å². The van der Waals surface area contributed by atoms with Gasteiger partial charge >= 0.3 is 0 Å². The number of aromatic nitrogens is 5. The van der Waals surface area contributed by atoms with Crippen molar-refractivity contribution in [2.24, 2.45) is 0 Å². The first kappa shape index (κ1) is 20.8. The van der Waals surface area contributed by atoms with Gasteiger partial charge in [-0.1, -0.05) is 0 Å². The monoisotopic (exact) mass is 436 g/mol. The van der Waals surface area contributed by atoms with Crippen LogP contribution < -0.4 is 10.6 Å². The van der Waals surface area contributed by atoms with Crippen LogP contribution in [0.3, 0.4) is 0 Å². The van der Waals surface area contributed by atoms with Gasteiger partial charge in [0.1, 0.15) is 5.52 Å². The highest BCUT2D eigenvalue weighted by Crippen LogP contribution is 2.28. The zero-order valence-electron chi connectivity index (χ0n) is 18.2. The van der Waals surface area contributed by atoms with Gasteiger partial charge in [-0.25, -0.2) is 9.97 Å². The van der Waals surface area contributed by atoms with Crippen LogP contribution in [0.15, 0.2) is 30.9 Å². The average Bonchev–Trinajstić information content (AvgIpc) is 3.33. The number of carbonyl (C=O) groups is 1. The molecule has 3 aromatic heterocycles. The highest BCUT2D eigenvalue weighted by atomic mass is 16.5. The number of nitrogens with one attached hydrogen (secondary N) is 2. The third-order valence-corrected chi connectivity index (χ3v) is 6.14. The predicted octanol–water partition coefficient (Wildman–Crippen LogP) is 1.47. The number of rotatable bonds is 5. The molecule has 0 radical (unpaired) electrons. The molecular weight excluding hydrogens is 408 g/mol. The van der Waals surface area contributed by atoms with Gasteiger partial charge in [0.25, 0.3) is 0 Å². The van der Waals surface area contributed by atoms with Crippen molar-refractivity contribution in [1.29, 1.82) is 0 Å². The minimum atomic E-state index is 0.0875. The maximum absolute atomic E-state index is 11.6. The van der Waals surface area contributed by atoms with Crippen LogP contribution in [0.5, 0.6) is 0 Å². The molecule has 1 atom stereocenters. The minimum absolute atomic E-state index is 0.0875. The van der Waals surface area contributed by atoms with Crippen molar-refractivity contribution in [3.05, 3.63) is 30.9 Å². The quantitative estimate of drug-likeness (QED) is 0.619. The Labute approximate surface area is 186 Å². The van der Waals surface area contributed by atoms with Crippen molar-refractivity contribution in [3.8, 4) is 11.3 Å². The summed E-state index contributed by atoms with van der Waals surface area (Å²) in [6.45, 7) is 6.22. The standard InChI is InChI=1S/C22H28N8O2/c1-15(31)29-7-2-17(3-8-29)30-14-16(11-27-30)19-10-20-21(25-5-4-24-20)22(28-19)26-13-18-12-23-6-9-32-18/h4-5,10-11,14,17-18,23H,2-3,6-9,12-13H2,1H3,(H,26,28). The number of carbonyl (C=O) groups excluding carboxylic acids is 1. The number of likely N-dealkylation sites (tertiary alicyclic amines) is 1. The molecule has 2 aliphatic rings. The summed E-state index contributed by atoms with van der Waals surface area (Å²) in [6, 6.07) is 2.24. The Balaban J connectivity index is 1.37. The molecule has 2 aliphatic heterocycles. The largest absolute Gasteiger partial charge is 0.374 e. The van der Waals surface area contributed by atoms with Crippen molar-refractivity contribution in [3.63, 3.8) is 0 Å². The Morgan fingerprint density at radius 2 is 2.12 bits per heavy atom. The van der Waals surface area contributed by atoms with Gasteiger partial charge < -0.3 is 20.3 Å². The van der Waals surface area contributed by atoms with Crippen LogP contribution in [0.25, 0.3) is 22.3 Å². The zero-order chi connectivity index (χ0) is 21.9. The lowest BCUT2D eigenvalue weighted by atomic mass is 10.1. The molecule has 0 aromatic carbocycles. The molecule has 5 rings (SSSR count). The molecule has 0 saturated carbocycles. The first-order chi connectivity index (χ1) is 15.7. The summed E-state index contributed by atoms with van der Waals surface area (Å²) in [7, 11) is 0. The highest BCUT2D eigenvalue weighted by molar-refractivity contribution is 5.88. The van der Waals surface area contributed by atoms with E-state index in [1.165, 1.54) is 0 Å². The lowest BCUT2D eigenvalue weighted by Crippen LogP contribution is -2.42. The minimum Gasteiger partial charge on any atom is -0.374 e. The summed E-state index contributed by atoms with van der Waals surface area (Å²) in [4.78, 5) is 27.3. The van der Waals surface area contributed by atoms with Crippen molar-refractivity contribution >= 4 is 22.8 Å². The number of ether oxygens (including phenoxy) is 1. The van der Waals surface area contributed by atoms with Crippen molar-refractivity contribution in [1.82, 2.24) is 34.9 Å². The second kappa shape index (κ2) is 9.17. The second-order valence-electron chi connectivity index (χ2n) is 8.30. The Morgan fingerprint density at radius 3 is 2.91 bits per heavy atom. The number of fused-ring (bicyclic) bond motifs is 1. The fourth-order valence-electron chi connectivity index (χ4n) is 4.32. The maximum Gasteiger partial charge on any atom is 0.219 e. The smallest absolute Gasteiger partial charge is 0.219 e. The molecule has 2 N–H and O–H groups in total. The van der Waals surface area contributed by atoms with E-state index in [9.17, 15) is 4.79 Å². The van der Waals surface area contributed by atoms with Crippen molar-refractivity contribution < 1.29 is 9.53 Å². The fraction of sp³-hybridized carbons (Fsp3) is 0.500. The molecule has 0 spiro atoms. The van der Waals surface area contributed by atoms with Gasteiger partial charge in [0.15, 0.2) is 5.82 Å². The molecule has 1 amide bonds. The number of anilines is 1. The number of hydrogen-bond acceptors (Lipinski definition) is 8. The van der Waals surface area contributed by atoms with Gasteiger partial charge in [0.2, 0.25) is 5.91 Å². The van der Waals surface area contributed by atoms with Crippen LogP contribution in [0.2, 0.25) is 0 Å². The third-order valence-electron chi connectivity index (χ3n) is 6.14. The van der Waals surface area contributed by atoms with Crippen LogP contribution >= 0.6 is 0 Å². The number of amides is 1. The molecule has 168 valence electrons. The molecule has 1 unspecified atom stereocenters. The van der Waals surface area contributed by atoms with E-state index in [4.69, 9.17) is 9.72 Å². The van der Waals surface area contributed by atoms with Gasteiger partial charge in [-0.3, -0.25) is 14.5 Å². The molecule has 0 aliphatic carbocycles. The second-order valence-corrected chi connectivity index (χ2v) is 8.30. The Hall–Kier alpha value is -3.11. The molecule has 2 fully saturated rings. The molecular formula is C22H28N8O2. The first-order valence-corrected chi connectivity index (χ1v) is 11.2. The average molecular weight is 437 g/mol. The Morgan fingerprint density at radius 1 is 1.28 bits per heavy atom. The van der Waals surface area contributed by atoms with E-state index >= 15 is 0 Å². The van der Waals surface area contributed by atoms with Crippen LogP contribution in [0.1, 0.15) is 25.8 Å². The van der Waals surface area contributed by atoms with Gasteiger partial charge in [-0.15, -0.1) is 0 Å². The zero-order valence-corrected chi connectivity index (χ0v) is 18.2. The summed E-state index contributed by atoms with van der Waals surface area (Å²) in [5.41, 5.74) is 3.26. The van der Waals surface area contributed by atoms with Crippen molar-refractivity contribution in [2.45, 2.75) is 31.9 Å². The van der Waals surface area contributed by atoms with Crippen LogP contribution in [0, 0.1) is 0 Å². The Kier molecular flexibility index (Phi) is 5.95. The molecule has 32 heavy (non-hydrogen) atoms. The number of nitrogens with zero attached hydrogens (tertiary/aromatic N) is 6. The lowest BCUT2D eigenvalue weighted by molar-refractivity contribution is -0.130. The third kappa shape index (κ3) is 4.42. The molecule has 10 nitrogen and oxygen atoms in total. The summed E-state index contributed by atoms with van der Waals surface area (Å²) in [6.07, 6.45) is 9.15. The molecule has 5 heterocycles. The van der Waals surface area contributed by atoms with E-state index in [0.717, 1.165) is 61.3 Å². The maximum atomic E-state index is 11.6. The lowest BCUT2D eigenvalue weighted by Gasteiger charge is -2.31. The van der Waals surface area contributed by atoms with Gasteiger partial charge in [0, 0.05) is 63.8 Å². The Bertz CT molecular complexity index is 1090. The number of piperidine rings is 1. The van der Waals surface area contributed by atoms with Gasteiger partial charge in [0.05, 0.1) is 36.2 Å². The summed E-state index contributed by atoms with van der Waals surface area (Å²) < 4.78 is 7.80. The van der Waals surface area contributed by atoms with Crippen LogP contribution in [0.4, 0.5) is 5.82 Å². The van der Waals surface area contributed by atoms with Crippen molar-refractivity contribution in [2.75, 3.05) is 44.6 Å². The van der Waals surface area contributed by atoms with Crippen LogP contribution in [-0.4, -0.2) is 81.0 Å². The highest BCUT2D eigenvalue weighted by Gasteiger charge is 2.23. The van der Waals surface area contributed by atoms with E-state index in [-0.39, 0.29) is 18.1 Å². The van der Waals surface area contributed by atoms with Gasteiger partial charge in [-0.05, 0) is 18.9 Å². The van der Waals surface area contributed by atoms with Gasteiger partial charge in [-0.2, -0.15) is 5.10 Å². The molecule has 0 bridgehead atoms. The molecule has 3 aromatic rings. The van der Waals surface area contributed by atoms with E-state index < -0.39 is 0 Å². The summed E-state index contributed by atoms with van der Waals surface area (Å²) in [5.74, 6) is 0.836. The topological polar surface area (TPSA) is 110 Å². The first-order valence-electron chi connectivity index (χ1n) is 11.2. The fourth-order valence-corrected chi connectivity index (χ4v) is 4.32.